The van der Waals surface area contributed by atoms with E-state index in [1.165, 1.54) is 4.88 Å². The third kappa shape index (κ3) is 9.73. The van der Waals surface area contributed by atoms with E-state index in [1.54, 1.807) is 11.3 Å². The van der Waals surface area contributed by atoms with Crippen LogP contribution in [0.1, 0.15) is 60.7 Å². The number of anilines is 1. The van der Waals surface area contributed by atoms with E-state index in [0.29, 0.717) is 0 Å². The fourth-order valence-corrected chi connectivity index (χ4v) is 1.93. The molecule has 1 N–H and O–H groups in total. The number of hydrogen-bond donors (Lipinski definition) is 1. The van der Waals surface area contributed by atoms with Crippen LogP contribution < -0.4 is 5.32 Å². The molecule has 3 nitrogen and oxygen atoms in total. The van der Waals surface area contributed by atoms with Gasteiger partial charge < -0.3 is 5.32 Å². The zero-order valence-electron chi connectivity index (χ0n) is 14.2. The number of amidine groups is 1. The summed E-state index contributed by atoms with van der Waals surface area (Å²) in [5, 5.41) is 4.14. The Morgan fingerprint density at radius 1 is 1.15 bits per heavy atom. The first-order valence-electron chi connectivity index (χ1n) is 7.75. The van der Waals surface area contributed by atoms with E-state index in [4.69, 9.17) is 0 Å². The normalized spacial score (nSPS) is 12.2. The zero-order chi connectivity index (χ0) is 15.8. The van der Waals surface area contributed by atoms with Gasteiger partial charge in [0.05, 0.1) is 0 Å². The second kappa shape index (κ2) is 15.9. The summed E-state index contributed by atoms with van der Waals surface area (Å²) in [6, 6.07) is 0. The lowest BCUT2D eigenvalue weighted by Gasteiger charge is -2.00. The van der Waals surface area contributed by atoms with Gasteiger partial charge in [0.15, 0.2) is 5.13 Å². The molecular formula is C16H33N3S. The monoisotopic (exact) mass is 299 g/mol. The minimum Gasteiger partial charge on any atom is -0.317 e. The fourth-order valence-electron chi connectivity index (χ4n) is 1.26. The summed E-state index contributed by atoms with van der Waals surface area (Å²) in [6.07, 6.45) is 8.31. The topological polar surface area (TPSA) is 37.3 Å². The third-order valence-corrected chi connectivity index (χ3v) is 2.77. The molecule has 118 valence electrons. The van der Waals surface area contributed by atoms with Gasteiger partial charge in [-0.25, -0.2) is 4.98 Å². The molecule has 4 heteroatoms. The average molecular weight is 300 g/mol. The van der Waals surface area contributed by atoms with Crippen LogP contribution in [0, 0.1) is 6.92 Å². The molecule has 0 bridgehead atoms. The van der Waals surface area contributed by atoms with Crippen molar-refractivity contribution in [3.05, 3.63) is 23.2 Å². The molecule has 0 atom stereocenters. The first kappa shape index (κ1) is 21.1. The maximum Gasteiger partial charge on any atom is 0.188 e. The molecule has 0 unspecified atom stereocenters. The van der Waals surface area contributed by atoms with E-state index < -0.39 is 0 Å². The van der Waals surface area contributed by atoms with Crippen LogP contribution in [0.25, 0.3) is 0 Å². The first-order valence-corrected chi connectivity index (χ1v) is 8.57. The highest BCUT2D eigenvalue weighted by atomic mass is 32.1. The molecule has 1 aromatic rings. The van der Waals surface area contributed by atoms with Gasteiger partial charge in [0, 0.05) is 19.0 Å². The Morgan fingerprint density at radius 3 is 2.35 bits per heavy atom. The van der Waals surface area contributed by atoms with E-state index >= 15 is 0 Å². The van der Waals surface area contributed by atoms with Crippen molar-refractivity contribution in [3.63, 3.8) is 0 Å². The number of aryl methyl sites for hydroxylation is 1. The number of thiazole rings is 1. The van der Waals surface area contributed by atoms with E-state index in [0.717, 1.165) is 30.4 Å². The number of allylic oxidation sites excluding steroid dienone is 1. The van der Waals surface area contributed by atoms with Crippen molar-refractivity contribution in [2.75, 3.05) is 11.9 Å². The summed E-state index contributed by atoms with van der Waals surface area (Å²) in [5.41, 5.74) is 0. The summed E-state index contributed by atoms with van der Waals surface area (Å²) >= 11 is 1.65. The van der Waals surface area contributed by atoms with Crippen LogP contribution in [0.3, 0.4) is 0 Å². The first-order chi connectivity index (χ1) is 9.84. The molecular weight excluding hydrogens is 266 g/mol. The van der Waals surface area contributed by atoms with Crippen LogP contribution in [-0.4, -0.2) is 17.4 Å². The van der Waals surface area contributed by atoms with Crippen LogP contribution in [0.2, 0.25) is 0 Å². The van der Waals surface area contributed by atoms with Crippen molar-refractivity contribution in [2.24, 2.45) is 4.99 Å². The van der Waals surface area contributed by atoms with Crippen LogP contribution in [0.15, 0.2) is 23.3 Å². The van der Waals surface area contributed by atoms with Crippen LogP contribution in [0.4, 0.5) is 5.13 Å². The molecule has 1 aliphatic rings. The van der Waals surface area contributed by atoms with Crippen molar-refractivity contribution >= 4 is 22.3 Å². The molecule has 0 aromatic carbocycles. The maximum atomic E-state index is 4.41. The fraction of sp³-hybridized carbons (Fsp3) is 0.625. The molecule has 1 aromatic heterocycles. The van der Waals surface area contributed by atoms with Gasteiger partial charge in [-0.05, 0) is 25.8 Å². The van der Waals surface area contributed by atoms with Crippen LogP contribution in [0.5, 0.6) is 0 Å². The predicted molar refractivity (Wildman–Crippen MR) is 97.3 cm³/mol. The molecule has 1 aliphatic heterocycles. The molecule has 20 heavy (non-hydrogen) atoms. The summed E-state index contributed by atoms with van der Waals surface area (Å²) in [4.78, 5) is 9.86. The highest BCUT2D eigenvalue weighted by Crippen LogP contribution is 2.16. The van der Waals surface area contributed by atoms with Gasteiger partial charge in [-0.2, -0.15) is 0 Å². The lowest BCUT2D eigenvalue weighted by atomic mass is 10.3. The number of nitrogens with one attached hydrogen (secondary N) is 1. The molecule has 2 rings (SSSR count). The smallest absolute Gasteiger partial charge is 0.188 e. The van der Waals surface area contributed by atoms with Crippen molar-refractivity contribution in [1.82, 2.24) is 4.98 Å². The Balaban J connectivity index is -0.000000414. The lowest BCUT2D eigenvalue weighted by Crippen LogP contribution is -2.08. The van der Waals surface area contributed by atoms with Gasteiger partial charge >= 0.3 is 0 Å². The standard InChI is InChI=1S/C10H13N3S.3C2H6.H2/c1-8-7-12-10(14-8)13-9-5-3-2-4-6-11-9;3*1-2;/h3,5,7H,2,4,6H2,1H3,(H,11,12,13);3*1-2H3;1H. The summed E-state index contributed by atoms with van der Waals surface area (Å²) in [5.74, 6) is 0.928. The quantitative estimate of drug-likeness (QED) is 0.697. The number of aromatic nitrogens is 1. The molecule has 0 saturated carbocycles. The van der Waals surface area contributed by atoms with Crippen molar-refractivity contribution < 1.29 is 1.43 Å². The molecule has 0 saturated heterocycles. The van der Waals surface area contributed by atoms with Gasteiger partial charge in [-0.15, -0.1) is 11.3 Å². The maximum absolute atomic E-state index is 4.41. The minimum atomic E-state index is 0. The lowest BCUT2D eigenvalue weighted by molar-refractivity contribution is 0.865. The number of rotatable bonds is 1. The van der Waals surface area contributed by atoms with Crippen LogP contribution in [-0.2, 0) is 0 Å². The van der Waals surface area contributed by atoms with Crippen molar-refractivity contribution in [2.45, 2.75) is 61.3 Å². The van der Waals surface area contributed by atoms with Gasteiger partial charge in [-0.1, -0.05) is 47.6 Å². The Morgan fingerprint density at radius 2 is 1.80 bits per heavy atom. The second-order valence-electron chi connectivity index (χ2n) is 3.21. The Bertz CT molecular complexity index is 373. The Kier molecular flexibility index (Phi) is 16.8. The molecule has 2 heterocycles. The van der Waals surface area contributed by atoms with Gasteiger partial charge in [0.2, 0.25) is 0 Å². The average Bonchev–Trinajstić information content (AvgIpc) is 2.77. The van der Waals surface area contributed by atoms with E-state index in [2.05, 4.69) is 21.4 Å². The zero-order valence-corrected chi connectivity index (χ0v) is 15.0. The van der Waals surface area contributed by atoms with Gasteiger partial charge in [0.1, 0.15) is 5.84 Å². The summed E-state index contributed by atoms with van der Waals surface area (Å²) in [7, 11) is 0. The SMILES string of the molecule is CC.CC.CC.Cc1cnc(NC2=NCCCC=C2)s1.[HH]. The Hall–Kier alpha value is -1.16. The van der Waals surface area contributed by atoms with Crippen LogP contribution >= 0.6 is 11.3 Å². The molecule has 0 aliphatic carbocycles. The number of hydrogen-bond acceptors (Lipinski definition) is 4. The van der Waals surface area contributed by atoms with E-state index in [-0.39, 0.29) is 1.43 Å². The largest absolute Gasteiger partial charge is 0.317 e. The van der Waals surface area contributed by atoms with Gasteiger partial charge in [0.25, 0.3) is 0 Å². The number of nitrogens with zero attached hydrogens (tertiary/aromatic N) is 2. The third-order valence-electron chi connectivity index (χ3n) is 1.94. The minimum absolute atomic E-state index is 0. The van der Waals surface area contributed by atoms with Gasteiger partial charge in [-0.3, -0.25) is 4.99 Å². The molecule has 0 amide bonds. The molecule has 0 fully saturated rings. The van der Waals surface area contributed by atoms with Crippen molar-refractivity contribution in [1.29, 1.82) is 0 Å². The van der Waals surface area contributed by atoms with Crippen molar-refractivity contribution in [3.8, 4) is 0 Å². The summed E-state index contributed by atoms with van der Waals surface area (Å²) in [6.45, 7) is 15.0. The Labute approximate surface area is 130 Å². The molecule has 0 radical (unpaired) electrons. The number of aliphatic imine (C=N–C) groups is 1. The van der Waals surface area contributed by atoms with E-state index in [1.807, 2.05) is 60.7 Å². The van der Waals surface area contributed by atoms with E-state index in [9.17, 15) is 0 Å². The second-order valence-corrected chi connectivity index (χ2v) is 4.45. The molecule has 0 spiro atoms. The predicted octanol–water partition coefficient (Wildman–Crippen LogP) is 5.94. The summed E-state index contributed by atoms with van der Waals surface area (Å²) < 4.78 is 0. The highest BCUT2D eigenvalue weighted by Gasteiger charge is 2.01. The highest BCUT2D eigenvalue weighted by molar-refractivity contribution is 7.15.